The molecule has 1 atom stereocenters. The lowest BCUT2D eigenvalue weighted by Crippen LogP contribution is -2.04. The van der Waals surface area contributed by atoms with E-state index in [1.54, 1.807) is 26.0 Å². The van der Waals surface area contributed by atoms with Crippen LogP contribution >= 0.6 is 0 Å². The van der Waals surface area contributed by atoms with Crippen LogP contribution < -0.4 is 0 Å². The van der Waals surface area contributed by atoms with E-state index in [-0.39, 0.29) is 5.82 Å². The first kappa shape index (κ1) is 13.8. The number of halogens is 1. The van der Waals surface area contributed by atoms with Crippen molar-refractivity contribution in [2.45, 2.75) is 33.8 Å². The van der Waals surface area contributed by atoms with Crippen LogP contribution in [0.2, 0.25) is 0 Å². The van der Waals surface area contributed by atoms with Crippen molar-refractivity contribution in [3.63, 3.8) is 0 Å². The van der Waals surface area contributed by atoms with E-state index < -0.39 is 6.10 Å². The molecule has 1 N–H and O–H groups in total. The van der Waals surface area contributed by atoms with Crippen molar-refractivity contribution >= 4 is 0 Å². The standard InChI is InChI=1S/C17H19FO/c1-10-5-6-15(11(2)7-10)17(19)14-8-12(3)16(18)13(4)9-14/h5-9,17,19H,1-4H3. The molecule has 2 aromatic carbocycles. The van der Waals surface area contributed by atoms with E-state index in [1.165, 1.54) is 5.56 Å². The van der Waals surface area contributed by atoms with Crippen molar-refractivity contribution in [3.8, 4) is 0 Å². The average Bonchev–Trinajstić information content (AvgIpc) is 2.34. The first-order valence-electron chi connectivity index (χ1n) is 6.42. The lowest BCUT2D eigenvalue weighted by atomic mass is 9.94. The molecular formula is C17H19FO. The second-order valence-corrected chi connectivity index (χ2v) is 5.23. The van der Waals surface area contributed by atoms with E-state index in [1.807, 2.05) is 32.0 Å². The minimum absolute atomic E-state index is 0.198. The Bertz CT molecular complexity index is 594. The van der Waals surface area contributed by atoms with Gasteiger partial charge in [0.1, 0.15) is 11.9 Å². The van der Waals surface area contributed by atoms with Crippen molar-refractivity contribution in [3.05, 3.63) is 69.5 Å². The van der Waals surface area contributed by atoms with Gasteiger partial charge in [0, 0.05) is 0 Å². The molecule has 0 amide bonds. The fraction of sp³-hybridized carbons (Fsp3) is 0.294. The molecule has 19 heavy (non-hydrogen) atoms. The Morgan fingerprint density at radius 2 is 1.47 bits per heavy atom. The smallest absolute Gasteiger partial charge is 0.129 e. The van der Waals surface area contributed by atoms with Gasteiger partial charge in [-0.2, -0.15) is 0 Å². The number of hydrogen-bond acceptors (Lipinski definition) is 1. The van der Waals surface area contributed by atoms with E-state index in [2.05, 4.69) is 0 Å². The molecular weight excluding hydrogens is 239 g/mol. The summed E-state index contributed by atoms with van der Waals surface area (Å²) in [5.74, 6) is -0.198. The number of rotatable bonds is 2. The molecule has 0 saturated heterocycles. The molecule has 100 valence electrons. The molecule has 0 aliphatic carbocycles. The Labute approximate surface area is 113 Å². The molecule has 0 fully saturated rings. The predicted molar refractivity (Wildman–Crippen MR) is 75.9 cm³/mol. The van der Waals surface area contributed by atoms with Crippen molar-refractivity contribution in [1.82, 2.24) is 0 Å². The number of hydrogen-bond donors (Lipinski definition) is 1. The highest BCUT2D eigenvalue weighted by Gasteiger charge is 2.15. The van der Waals surface area contributed by atoms with Crippen LogP contribution in [0.3, 0.4) is 0 Å². The second-order valence-electron chi connectivity index (χ2n) is 5.23. The van der Waals surface area contributed by atoms with Crippen LogP contribution in [-0.2, 0) is 0 Å². The highest BCUT2D eigenvalue weighted by Crippen LogP contribution is 2.28. The van der Waals surface area contributed by atoms with E-state index in [9.17, 15) is 9.50 Å². The molecule has 1 unspecified atom stereocenters. The fourth-order valence-electron chi connectivity index (χ4n) is 2.45. The molecule has 2 rings (SSSR count). The number of aryl methyl sites for hydroxylation is 4. The summed E-state index contributed by atoms with van der Waals surface area (Å²) in [4.78, 5) is 0. The zero-order valence-electron chi connectivity index (χ0n) is 11.8. The number of aliphatic hydroxyl groups is 1. The van der Waals surface area contributed by atoms with Crippen LogP contribution in [0.1, 0.15) is 39.5 Å². The summed E-state index contributed by atoms with van der Waals surface area (Å²) in [6.45, 7) is 7.45. The molecule has 2 heteroatoms. The van der Waals surface area contributed by atoms with Crippen molar-refractivity contribution in [2.75, 3.05) is 0 Å². The second kappa shape index (κ2) is 5.14. The van der Waals surface area contributed by atoms with Gasteiger partial charge in [0.05, 0.1) is 0 Å². The van der Waals surface area contributed by atoms with Gasteiger partial charge in [0.15, 0.2) is 0 Å². The Balaban J connectivity index is 2.47. The summed E-state index contributed by atoms with van der Waals surface area (Å²) < 4.78 is 13.6. The minimum Gasteiger partial charge on any atom is -0.384 e. The third-order valence-electron chi connectivity index (χ3n) is 3.49. The molecule has 0 bridgehead atoms. The molecule has 0 saturated carbocycles. The fourth-order valence-corrected chi connectivity index (χ4v) is 2.45. The average molecular weight is 258 g/mol. The third kappa shape index (κ3) is 2.69. The van der Waals surface area contributed by atoms with Crippen molar-refractivity contribution < 1.29 is 9.50 Å². The molecule has 1 nitrogen and oxygen atoms in total. The normalized spacial score (nSPS) is 12.5. The Hall–Kier alpha value is -1.67. The summed E-state index contributed by atoms with van der Waals surface area (Å²) in [6.07, 6.45) is -0.710. The molecule has 0 aromatic heterocycles. The number of aliphatic hydroxyl groups excluding tert-OH is 1. The topological polar surface area (TPSA) is 20.2 Å². The van der Waals surface area contributed by atoms with Gasteiger partial charge in [-0.3, -0.25) is 0 Å². The monoisotopic (exact) mass is 258 g/mol. The lowest BCUT2D eigenvalue weighted by Gasteiger charge is -2.16. The molecule has 2 aromatic rings. The van der Waals surface area contributed by atoms with Gasteiger partial charge in [-0.25, -0.2) is 4.39 Å². The minimum atomic E-state index is -0.710. The highest BCUT2D eigenvalue weighted by molar-refractivity contribution is 5.40. The van der Waals surface area contributed by atoms with Crippen LogP contribution in [0.4, 0.5) is 4.39 Å². The zero-order valence-corrected chi connectivity index (χ0v) is 11.8. The van der Waals surface area contributed by atoms with Gasteiger partial charge in [0.2, 0.25) is 0 Å². The van der Waals surface area contributed by atoms with Gasteiger partial charge < -0.3 is 5.11 Å². The summed E-state index contributed by atoms with van der Waals surface area (Å²) in [5.41, 5.74) is 4.96. The maximum atomic E-state index is 13.6. The van der Waals surface area contributed by atoms with Gasteiger partial charge in [-0.15, -0.1) is 0 Å². The van der Waals surface area contributed by atoms with Gasteiger partial charge in [-0.05, 0) is 55.5 Å². The Morgan fingerprint density at radius 1 is 0.895 bits per heavy atom. The van der Waals surface area contributed by atoms with E-state index in [0.29, 0.717) is 11.1 Å². The summed E-state index contributed by atoms with van der Waals surface area (Å²) in [6, 6.07) is 9.39. The van der Waals surface area contributed by atoms with Gasteiger partial charge in [-0.1, -0.05) is 35.9 Å². The molecule has 0 heterocycles. The predicted octanol–water partition coefficient (Wildman–Crippen LogP) is 4.14. The summed E-state index contributed by atoms with van der Waals surface area (Å²) >= 11 is 0. The van der Waals surface area contributed by atoms with Gasteiger partial charge in [0.25, 0.3) is 0 Å². The van der Waals surface area contributed by atoms with E-state index >= 15 is 0 Å². The lowest BCUT2D eigenvalue weighted by molar-refractivity contribution is 0.219. The largest absolute Gasteiger partial charge is 0.384 e. The third-order valence-corrected chi connectivity index (χ3v) is 3.49. The van der Waals surface area contributed by atoms with Gasteiger partial charge >= 0.3 is 0 Å². The maximum Gasteiger partial charge on any atom is 0.129 e. The van der Waals surface area contributed by atoms with Crippen LogP contribution in [0.25, 0.3) is 0 Å². The number of benzene rings is 2. The zero-order chi connectivity index (χ0) is 14.2. The summed E-state index contributed by atoms with van der Waals surface area (Å²) in [7, 11) is 0. The van der Waals surface area contributed by atoms with Crippen LogP contribution in [0.15, 0.2) is 30.3 Å². The first-order valence-corrected chi connectivity index (χ1v) is 6.42. The Kier molecular flexibility index (Phi) is 3.72. The molecule has 0 radical (unpaired) electrons. The highest BCUT2D eigenvalue weighted by atomic mass is 19.1. The van der Waals surface area contributed by atoms with Crippen molar-refractivity contribution in [1.29, 1.82) is 0 Å². The summed E-state index contributed by atoms with van der Waals surface area (Å²) in [5, 5.41) is 10.5. The van der Waals surface area contributed by atoms with Crippen molar-refractivity contribution in [2.24, 2.45) is 0 Å². The van der Waals surface area contributed by atoms with E-state index in [0.717, 1.165) is 16.7 Å². The molecule has 0 aliphatic rings. The Morgan fingerprint density at radius 3 is 2.00 bits per heavy atom. The van der Waals surface area contributed by atoms with Crippen LogP contribution in [0, 0.1) is 33.5 Å². The van der Waals surface area contributed by atoms with E-state index in [4.69, 9.17) is 0 Å². The maximum absolute atomic E-state index is 13.6. The quantitative estimate of drug-likeness (QED) is 0.858. The SMILES string of the molecule is Cc1ccc(C(O)c2cc(C)c(F)c(C)c2)c(C)c1. The molecule has 0 aliphatic heterocycles. The van der Waals surface area contributed by atoms with Crippen LogP contribution in [-0.4, -0.2) is 5.11 Å². The first-order chi connectivity index (χ1) is 8.90. The molecule has 0 spiro atoms. The van der Waals surface area contributed by atoms with Crippen LogP contribution in [0.5, 0.6) is 0 Å².